The summed E-state index contributed by atoms with van der Waals surface area (Å²) in [6.45, 7) is 2.31. The van der Waals surface area contributed by atoms with E-state index in [-0.39, 0.29) is 11.6 Å². The highest BCUT2D eigenvalue weighted by Gasteiger charge is 2.22. The van der Waals surface area contributed by atoms with Crippen molar-refractivity contribution in [2.75, 3.05) is 6.54 Å². The Morgan fingerprint density at radius 1 is 1.47 bits per heavy atom. The van der Waals surface area contributed by atoms with Crippen LogP contribution in [0, 0.1) is 17.0 Å². The van der Waals surface area contributed by atoms with E-state index in [0.717, 1.165) is 12.0 Å². The maximum absolute atomic E-state index is 11.0. The molecule has 7 heteroatoms. The van der Waals surface area contributed by atoms with Crippen LogP contribution in [-0.4, -0.2) is 21.6 Å². The summed E-state index contributed by atoms with van der Waals surface area (Å²) in [5.41, 5.74) is 6.47. The molecule has 0 radical (unpaired) electrons. The Morgan fingerprint density at radius 3 is 2.95 bits per heavy atom. The van der Waals surface area contributed by atoms with Crippen molar-refractivity contribution < 1.29 is 9.45 Å². The molecule has 0 bridgehead atoms. The fourth-order valence-electron chi connectivity index (χ4n) is 1.80. The molecule has 0 amide bonds. The fraction of sp³-hybridized carbons (Fsp3) is 0.333. The number of nitro benzene ring substituents is 1. The summed E-state index contributed by atoms with van der Waals surface area (Å²) in [5.74, 6) is 0.690. The molecule has 0 unspecified atom stereocenters. The molecular weight excluding hydrogens is 248 g/mol. The van der Waals surface area contributed by atoms with Crippen LogP contribution in [0.15, 0.2) is 22.7 Å². The van der Waals surface area contributed by atoms with E-state index in [1.807, 2.05) is 0 Å². The van der Waals surface area contributed by atoms with Gasteiger partial charge in [-0.15, -0.1) is 0 Å². The van der Waals surface area contributed by atoms with Crippen molar-refractivity contribution in [2.45, 2.75) is 19.8 Å². The molecule has 1 aromatic carbocycles. The van der Waals surface area contributed by atoms with Crippen molar-refractivity contribution in [1.82, 2.24) is 10.1 Å². The predicted molar refractivity (Wildman–Crippen MR) is 68.5 cm³/mol. The van der Waals surface area contributed by atoms with Crippen LogP contribution in [0.1, 0.15) is 17.8 Å². The molecule has 0 saturated heterocycles. The van der Waals surface area contributed by atoms with Gasteiger partial charge in [-0.2, -0.15) is 4.98 Å². The molecule has 100 valence electrons. The van der Waals surface area contributed by atoms with Crippen molar-refractivity contribution in [1.29, 1.82) is 0 Å². The molecule has 2 N–H and O–H groups in total. The molecule has 0 aliphatic rings. The third-order valence-corrected chi connectivity index (χ3v) is 2.73. The highest BCUT2D eigenvalue weighted by atomic mass is 16.6. The summed E-state index contributed by atoms with van der Waals surface area (Å²) in [4.78, 5) is 14.8. The van der Waals surface area contributed by atoms with E-state index in [4.69, 9.17) is 10.3 Å². The van der Waals surface area contributed by atoms with Gasteiger partial charge in [0.2, 0.25) is 0 Å². The van der Waals surface area contributed by atoms with Gasteiger partial charge in [-0.3, -0.25) is 10.1 Å². The normalized spacial score (nSPS) is 10.6. The van der Waals surface area contributed by atoms with Crippen molar-refractivity contribution in [3.8, 4) is 11.5 Å². The number of hydrogen-bond donors (Lipinski definition) is 1. The van der Waals surface area contributed by atoms with E-state index in [9.17, 15) is 10.1 Å². The average molecular weight is 262 g/mol. The van der Waals surface area contributed by atoms with E-state index in [0.29, 0.717) is 24.4 Å². The van der Waals surface area contributed by atoms with Crippen LogP contribution in [0.4, 0.5) is 5.69 Å². The lowest BCUT2D eigenvalue weighted by Crippen LogP contribution is -2.01. The predicted octanol–water partition coefficient (Wildman–Crippen LogP) is 1.84. The summed E-state index contributed by atoms with van der Waals surface area (Å²) in [7, 11) is 0. The number of aromatic nitrogens is 2. The van der Waals surface area contributed by atoms with E-state index in [1.165, 1.54) is 6.07 Å². The molecule has 0 saturated carbocycles. The quantitative estimate of drug-likeness (QED) is 0.650. The molecule has 0 aliphatic heterocycles. The number of aryl methyl sites for hydroxylation is 2. The van der Waals surface area contributed by atoms with E-state index in [2.05, 4.69) is 10.1 Å². The maximum Gasteiger partial charge on any atom is 0.282 e. The number of hydrogen-bond acceptors (Lipinski definition) is 6. The molecule has 0 fully saturated rings. The van der Waals surface area contributed by atoms with Crippen LogP contribution < -0.4 is 5.73 Å². The third kappa shape index (κ3) is 2.76. The Bertz CT molecular complexity index is 594. The second-order valence-electron chi connectivity index (χ2n) is 4.13. The molecule has 2 aromatic rings. The highest BCUT2D eigenvalue weighted by Crippen LogP contribution is 2.31. The number of nitro groups is 1. The summed E-state index contributed by atoms with van der Waals surface area (Å²) < 4.78 is 5.11. The van der Waals surface area contributed by atoms with Gasteiger partial charge >= 0.3 is 0 Å². The van der Waals surface area contributed by atoms with Gasteiger partial charge < -0.3 is 10.3 Å². The zero-order valence-corrected chi connectivity index (χ0v) is 10.5. The summed E-state index contributed by atoms with van der Waals surface area (Å²) in [6.07, 6.45) is 1.34. The molecule has 0 aliphatic carbocycles. The van der Waals surface area contributed by atoms with Crippen molar-refractivity contribution in [3.05, 3.63) is 39.7 Å². The maximum atomic E-state index is 11.0. The van der Waals surface area contributed by atoms with Gasteiger partial charge in [0.15, 0.2) is 5.82 Å². The highest BCUT2D eigenvalue weighted by molar-refractivity contribution is 5.70. The van der Waals surface area contributed by atoms with Gasteiger partial charge in [-0.1, -0.05) is 17.3 Å². The van der Waals surface area contributed by atoms with Crippen LogP contribution in [0.2, 0.25) is 0 Å². The second kappa shape index (κ2) is 5.57. The van der Waals surface area contributed by atoms with Gasteiger partial charge in [-0.05, 0) is 25.5 Å². The minimum Gasteiger partial charge on any atom is -0.334 e. The first-order chi connectivity index (χ1) is 9.13. The van der Waals surface area contributed by atoms with Gasteiger partial charge in [0.1, 0.15) is 5.56 Å². The molecule has 0 atom stereocenters. The van der Waals surface area contributed by atoms with Crippen molar-refractivity contribution in [3.63, 3.8) is 0 Å². The lowest BCUT2D eigenvalue weighted by Gasteiger charge is -2.01. The lowest BCUT2D eigenvalue weighted by atomic mass is 10.1. The Labute approximate surface area is 109 Å². The Hall–Kier alpha value is -2.28. The SMILES string of the molecule is Cc1cccc([N+](=O)[O-])c1-c1nc(CCCN)no1. The van der Waals surface area contributed by atoms with Crippen molar-refractivity contribution in [2.24, 2.45) is 5.73 Å². The summed E-state index contributed by atoms with van der Waals surface area (Å²) in [6, 6.07) is 4.82. The molecule has 0 spiro atoms. The number of benzene rings is 1. The first-order valence-electron chi connectivity index (χ1n) is 5.90. The van der Waals surface area contributed by atoms with Gasteiger partial charge in [0.25, 0.3) is 11.6 Å². The zero-order valence-electron chi connectivity index (χ0n) is 10.5. The molecule has 2 rings (SSSR count). The monoisotopic (exact) mass is 262 g/mol. The van der Waals surface area contributed by atoms with Crippen LogP contribution in [0.3, 0.4) is 0 Å². The number of rotatable bonds is 5. The summed E-state index contributed by atoms with van der Waals surface area (Å²) >= 11 is 0. The molecule has 7 nitrogen and oxygen atoms in total. The van der Waals surface area contributed by atoms with Gasteiger partial charge in [0.05, 0.1) is 4.92 Å². The minimum atomic E-state index is -0.452. The van der Waals surface area contributed by atoms with Gasteiger partial charge in [-0.25, -0.2) is 0 Å². The standard InChI is InChI=1S/C12H14N4O3/c1-8-4-2-5-9(16(17)18)11(8)12-14-10(15-19-12)6-3-7-13/h2,4-5H,3,6-7,13H2,1H3. The zero-order chi connectivity index (χ0) is 13.8. The van der Waals surface area contributed by atoms with E-state index in [1.54, 1.807) is 19.1 Å². The molecular formula is C12H14N4O3. The van der Waals surface area contributed by atoms with Gasteiger partial charge in [0, 0.05) is 12.5 Å². The Morgan fingerprint density at radius 2 is 2.26 bits per heavy atom. The Balaban J connectivity index is 2.41. The van der Waals surface area contributed by atoms with Crippen LogP contribution in [0.25, 0.3) is 11.5 Å². The average Bonchev–Trinajstić information content (AvgIpc) is 2.84. The van der Waals surface area contributed by atoms with Crippen LogP contribution in [0.5, 0.6) is 0 Å². The molecule has 1 aromatic heterocycles. The lowest BCUT2D eigenvalue weighted by molar-refractivity contribution is -0.384. The minimum absolute atomic E-state index is 0.0333. The number of nitrogens with two attached hydrogens (primary N) is 1. The largest absolute Gasteiger partial charge is 0.334 e. The molecule has 1 heterocycles. The van der Waals surface area contributed by atoms with Crippen LogP contribution >= 0.6 is 0 Å². The number of nitrogens with zero attached hydrogens (tertiary/aromatic N) is 3. The van der Waals surface area contributed by atoms with Crippen molar-refractivity contribution >= 4 is 5.69 Å². The third-order valence-electron chi connectivity index (χ3n) is 2.73. The molecule has 19 heavy (non-hydrogen) atoms. The van der Waals surface area contributed by atoms with E-state index >= 15 is 0 Å². The van der Waals surface area contributed by atoms with Crippen LogP contribution in [-0.2, 0) is 6.42 Å². The smallest absolute Gasteiger partial charge is 0.282 e. The summed E-state index contributed by atoms with van der Waals surface area (Å²) in [5, 5.41) is 14.8. The Kier molecular flexibility index (Phi) is 3.86. The first-order valence-corrected chi connectivity index (χ1v) is 5.90. The van der Waals surface area contributed by atoms with E-state index < -0.39 is 4.92 Å². The fourth-order valence-corrected chi connectivity index (χ4v) is 1.80. The second-order valence-corrected chi connectivity index (χ2v) is 4.13. The first kappa shape index (κ1) is 13.2. The topological polar surface area (TPSA) is 108 Å².